The molecular formula is C20H26N2O4S. The molecule has 0 saturated heterocycles. The number of carbonyl (C=O) groups is 1. The molecule has 0 bridgehead atoms. The SMILES string of the molecule is CC[C@@H](C(=O)NCc1cccc(C)c1)N(c1cccc(OC)c1)S(C)(=O)=O. The second-order valence-electron chi connectivity index (χ2n) is 6.39. The molecule has 0 aromatic heterocycles. The van der Waals surface area contributed by atoms with Crippen molar-refractivity contribution >= 4 is 21.6 Å². The van der Waals surface area contributed by atoms with Gasteiger partial charge in [0.1, 0.15) is 11.8 Å². The molecule has 0 aliphatic carbocycles. The Morgan fingerprint density at radius 1 is 1.19 bits per heavy atom. The first-order valence-electron chi connectivity index (χ1n) is 8.73. The minimum Gasteiger partial charge on any atom is -0.497 e. The van der Waals surface area contributed by atoms with Gasteiger partial charge in [-0.25, -0.2) is 8.42 Å². The molecule has 0 aliphatic heterocycles. The fourth-order valence-electron chi connectivity index (χ4n) is 2.94. The van der Waals surface area contributed by atoms with Crippen LogP contribution in [0.5, 0.6) is 5.75 Å². The second-order valence-corrected chi connectivity index (χ2v) is 8.25. The molecule has 2 aromatic rings. The van der Waals surface area contributed by atoms with E-state index in [0.717, 1.165) is 21.7 Å². The van der Waals surface area contributed by atoms with Crippen molar-refractivity contribution in [1.29, 1.82) is 0 Å². The molecule has 0 unspecified atom stereocenters. The quantitative estimate of drug-likeness (QED) is 0.752. The minimum atomic E-state index is -3.67. The molecule has 7 heteroatoms. The molecule has 2 aromatic carbocycles. The van der Waals surface area contributed by atoms with Gasteiger partial charge in [0.25, 0.3) is 0 Å². The Morgan fingerprint density at radius 2 is 1.89 bits per heavy atom. The summed E-state index contributed by atoms with van der Waals surface area (Å²) in [4.78, 5) is 12.8. The number of hydrogen-bond donors (Lipinski definition) is 1. The monoisotopic (exact) mass is 390 g/mol. The lowest BCUT2D eigenvalue weighted by atomic mass is 10.1. The van der Waals surface area contributed by atoms with Crippen molar-refractivity contribution in [2.24, 2.45) is 0 Å². The first kappa shape index (κ1) is 20.8. The van der Waals surface area contributed by atoms with Gasteiger partial charge in [0.05, 0.1) is 19.1 Å². The maximum Gasteiger partial charge on any atom is 0.244 e. The van der Waals surface area contributed by atoms with Crippen molar-refractivity contribution in [3.8, 4) is 5.75 Å². The lowest BCUT2D eigenvalue weighted by Crippen LogP contribution is -2.49. The van der Waals surface area contributed by atoms with Crippen LogP contribution in [0.2, 0.25) is 0 Å². The predicted molar refractivity (Wildman–Crippen MR) is 107 cm³/mol. The number of sulfonamides is 1. The third-order valence-electron chi connectivity index (χ3n) is 4.19. The maximum atomic E-state index is 12.8. The van der Waals surface area contributed by atoms with E-state index in [1.54, 1.807) is 31.2 Å². The van der Waals surface area contributed by atoms with E-state index in [0.29, 0.717) is 24.4 Å². The van der Waals surface area contributed by atoms with Gasteiger partial charge >= 0.3 is 0 Å². The first-order chi connectivity index (χ1) is 12.8. The fraction of sp³-hybridized carbons (Fsp3) is 0.350. The number of rotatable bonds is 8. The van der Waals surface area contributed by atoms with E-state index in [9.17, 15) is 13.2 Å². The predicted octanol–water partition coefficient (Wildman–Crippen LogP) is 2.86. The van der Waals surface area contributed by atoms with E-state index in [4.69, 9.17) is 4.74 Å². The Bertz CT molecular complexity index is 896. The molecule has 27 heavy (non-hydrogen) atoms. The van der Waals surface area contributed by atoms with Crippen molar-refractivity contribution in [2.45, 2.75) is 32.9 Å². The summed E-state index contributed by atoms with van der Waals surface area (Å²) in [7, 11) is -2.16. The van der Waals surface area contributed by atoms with Gasteiger partial charge < -0.3 is 10.1 Å². The fourth-order valence-corrected chi connectivity index (χ4v) is 4.14. The highest BCUT2D eigenvalue weighted by Crippen LogP contribution is 2.26. The van der Waals surface area contributed by atoms with Crippen LogP contribution < -0.4 is 14.4 Å². The summed E-state index contributed by atoms with van der Waals surface area (Å²) in [6.07, 6.45) is 1.44. The van der Waals surface area contributed by atoms with Gasteiger partial charge in [0.15, 0.2) is 0 Å². The largest absolute Gasteiger partial charge is 0.497 e. The summed E-state index contributed by atoms with van der Waals surface area (Å²) in [5.74, 6) is 0.184. The van der Waals surface area contributed by atoms with Crippen molar-refractivity contribution in [2.75, 3.05) is 17.7 Å². The smallest absolute Gasteiger partial charge is 0.244 e. The molecule has 0 heterocycles. The maximum absolute atomic E-state index is 12.8. The number of nitrogens with zero attached hydrogens (tertiary/aromatic N) is 1. The second kappa shape index (κ2) is 8.90. The van der Waals surface area contributed by atoms with E-state index < -0.39 is 16.1 Å². The third kappa shape index (κ3) is 5.47. The Labute approximate surface area is 161 Å². The highest BCUT2D eigenvalue weighted by Gasteiger charge is 2.31. The molecule has 0 saturated carbocycles. The van der Waals surface area contributed by atoms with Crippen LogP contribution in [-0.4, -0.2) is 33.7 Å². The number of ether oxygens (including phenoxy) is 1. The summed E-state index contributed by atoms with van der Waals surface area (Å²) >= 11 is 0. The minimum absolute atomic E-state index is 0.337. The van der Waals surface area contributed by atoms with Gasteiger partial charge in [-0.2, -0.15) is 0 Å². The van der Waals surface area contributed by atoms with Crippen LogP contribution >= 0.6 is 0 Å². The molecule has 2 rings (SSSR count). The number of benzene rings is 2. The number of nitrogens with one attached hydrogen (secondary N) is 1. The number of hydrogen-bond acceptors (Lipinski definition) is 4. The van der Waals surface area contributed by atoms with Crippen molar-refractivity contribution in [3.05, 3.63) is 59.7 Å². The Hall–Kier alpha value is -2.54. The summed E-state index contributed by atoms with van der Waals surface area (Å²) in [6, 6.07) is 13.6. The lowest BCUT2D eigenvalue weighted by Gasteiger charge is -2.30. The molecule has 0 spiro atoms. The van der Waals surface area contributed by atoms with E-state index >= 15 is 0 Å². The molecule has 1 N–H and O–H groups in total. The summed E-state index contributed by atoms with van der Waals surface area (Å²) in [6.45, 7) is 4.11. The molecule has 1 atom stereocenters. The average molecular weight is 391 g/mol. The van der Waals surface area contributed by atoms with E-state index in [1.807, 2.05) is 31.2 Å². The highest BCUT2D eigenvalue weighted by atomic mass is 32.2. The first-order valence-corrected chi connectivity index (χ1v) is 10.6. The van der Waals surface area contributed by atoms with Gasteiger partial charge in [-0.15, -0.1) is 0 Å². The van der Waals surface area contributed by atoms with Crippen molar-refractivity contribution in [3.63, 3.8) is 0 Å². The topological polar surface area (TPSA) is 75.7 Å². The van der Waals surface area contributed by atoms with Crippen LogP contribution in [0.4, 0.5) is 5.69 Å². The zero-order valence-corrected chi connectivity index (χ0v) is 16.9. The van der Waals surface area contributed by atoms with Crippen LogP contribution in [0.3, 0.4) is 0 Å². The molecule has 1 amide bonds. The molecule has 6 nitrogen and oxygen atoms in total. The number of anilines is 1. The van der Waals surface area contributed by atoms with Crippen molar-refractivity contribution < 1.29 is 17.9 Å². The lowest BCUT2D eigenvalue weighted by molar-refractivity contribution is -0.122. The Balaban J connectivity index is 2.27. The van der Waals surface area contributed by atoms with Gasteiger partial charge in [-0.3, -0.25) is 9.10 Å². The van der Waals surface area contributed by atoms with Crippen LogP contribution in [0.25, 0.3) is 0 Å². The molecule has 0 fully saturated rings. The van der Waals surface area contributed by atoms with Crippen LogP contribution in [-0.2, 0) is 21.4 Å². The van der Waals surface area contributed by atoms with Crippen molar-refractivity contribution in [1.82, 2.24) is 5.32 Å². The molecule has 146 valence electrons. The molecule has 0 aliphatic rings. The Kier molecular flexibility index (Phi) is 6.85. The number of carbonyl (C=O) groups excluding carboxylic acids is 1. The summed E-state index contributed by atoms with van der Waals surface area (Å²) < 4.78 is 31.3. The van der Waals surface area contributed by atoms with E-state index in [1.165, 1.54) is 7.11 Å². The number of methoxy groups -OCH3 is 1. The number of aryl methyl sites for hydroxylation is 1. The van der Waals surface area contributed by atoms with Crippen LogP contribution in [0.15, 0.2) is 48.5 Å². The third-order valence-corrected chi connectivity index (χ3v) is 5.37. The molecule has 0 radical (unpaired) electrons. The van der Waals surface area contributed by atoms with Gasteiger partial charge in [-0.1, -0.05) is 42.8 Å². The van der Waals surface area contributed by atoms with Gasteiger partial charge in [0.2, 0.25) is 15.9 Å². The van der Waals surface area contributed by atoms with E-state index in [2.05, 4.69) is 5.32 Å². The van der Waals surface area contributed by atoms with Gasteiger partial charge in [0, 0.05) is 12.6 Å². The zero-order valence-electron chi connectivity index (χ0n) is 16.1. The highest BCUT2D eigenvalue weighted by molar-refractivity contribution is 7.92. The molecular weight excluding hydrogens is 364 g/mol. The van der Waals surface area contributed by atoms with Gasteiger partial charge in [-0.05, 0) is 31.0 Å². The Morgan fingerprint density at radius 3 is 2.48 bits per heavy atom. The standard InChI is InChI=1S/C20H26N2O4S/c1-5-19(20(23)21-14-16-9-6-8-15(2)12-16)22(27(4,24)25)17-10-7-11-18(13-17)26-3/h6-13,19H,5,14H2,1-4H3,(H,21,23)/t19-/m0/s1. The number of amides is 1. The normalized spacial score (nSPS) is 12.3. The zero-order chi connectivity index (χ0) is 20.0. The van der Waals surface area contributed by atoms with Crippen LogP contribution in [0, 0.1) is 6.92 Å². The summed E-state index contributed by atoms with van der Waals surface area (Å²) in [5, 5.41) is 2.85. The average Bonchev–Trinajstić information content (AvgIpc) is 2.63. The van der Waals surface area contributed by atoms with Crippen LogP contribution in [0.1, 0.15) is 24.5 Å². The van der Waals surface area contributed by atoms with E-state index in [-0.39, 0.29) is 5.91 Å². The summed E-state index contributed by atoms with van der Waals surface area (Å²) in [5.41, 5.74) is 2.46.